The summed E-state index contributed by atoms with van der Waals surface area (Å²) in [5.74, 6) is -0.110. The Morgan fingerprint density at radius 2 is 1.76 bits per heavy atom. The Morgan fingerprint density at radius 1 is 1.07 bits per heavy atom. The Labute approximate surface area is 174 Å². The van der Waals surface area contributed by atoms with Gasteiger partial charge >= 0.3 is 0 Å². The van der Waals surface area contributed by atoms with Crippen LogP contribution in [0, 0.1) is 0 Å². The normalized spacial score (nSPS) is 11.3. The third-order valence-corrected chi connectivity index (χ3v) is 5.55. The first-order valence-electron chi connectivity index (χ1n) is 9.49. The molecule has 0 radical (unpaired) electrons. The van der Waals surface area contributed by atoms with E-state index in [1.165, 1.54) is 11.3 Å². The van der Waals surface area contributed by atoms with Crippen molar-refractivity contribution in [3.8, 4) is 10.7 Å². The van der Waals surface area contributed by atoms with Crippen molar-refractivity contribution in [2.45, 2.75) is 6.54 Å². The number of hydrogen-bond donors (Lipinski definition) is 0. The van der Waals surface area contributed by atoms with E-state index in [1.807, 2.05) is 17.5 Å². The minimum absolute atomic E-state index is 0.110. The molecule has 0 aliphatic rings. The summed E-state index contributed by atoms with van der Waals surface area (Å²) in [6.07, 6.45) is 0. The molecule has 8 heteroatoms. The van der Waals surface area contributed by atoms with Crippen molar-refractivity contribution in [3.05, 3.63) is 41.4 Å². The molecule has 0 saturated heterocycles. The molecule has 2 aromatic heterocycles. The molecule has 0 bridgehead atoms. The standard InChI is InChI=1S/C21H27N3O4S/c1-26-11-8-23(9-12-27-2)21(25)17-15-29-20(22-17)19-14-16-6-4-5-7-18(16)24(19)10-13-28-3/h4-7,14-15H,8-13H2,1-3H3. The maximum Gasteiger partial charge on any atom is 0.273 e. The predicted octanol–water partition coefficient (Wildman–Crippen LogP) is 3.15. The number of carbonyl (C=O) groups is 1. The molecule has 0 atom stereocenters. The number of nitrogens with zero attached hydrogens (tertiary/aromatic N) is 3. The Hall–Kier alpha value is -2.26. The topological polar surface area (TPSA) is 65.8 Å². The van der Waals surface area contributed by atoms with Crippen LogP contribution in [0.2, 0.25) is 0 Å². The largest absolute Gasteiger partial charge is 0.383 e. The van der Waals surface area contributed by atoms with Crippen LogP contribution in [-0.4, -0.2) is 74.6 Å². The second-order valence-corrected chi connectivity index (χ2v) is 7.41. The summed E-state index contributed by atoms with van der Waals surface area (Å²) in [4.78, 5) is 19.3. The lowest BCUT2D eigenvalue weighted by molar-refractivity contribution is 0.0622. The van der Waals surface area contributed by atoms with Gasteiger partial charge in [0.2, 0.25) is 0 Å². The zero-order chi connectivity index (χ0) is 20.6. The summed E-state index contributed by atoms with van der Waals surface area (Å²) < 4.78 is 17.7. The van der Waals surface area contributed by atoms with Crippen LogP contribution in [0.5, 0.6) is 0 Å². The van der Waals surface area contributed by atoms with Gasteiger partial charge in [-0.15, -0.1) is 11.3 Å². The Balaban J connectivity index is 1.89. The van der Waals surface area contributed by atoms with Crippen LogP contribution in [0.3, 0.4) is 0 Å². The van der Waals surface area contributed by atoms with Gasteiger partial charge in [-0.1, -0.05) is 18.2 Å². The molecular weight excluding hydrogens is 390 g/mol. The van der Waals surface area contributed by atoms with E-state index in [4.69, 9.17) is 14.2 Å². The Bertz CT molecular complexity index is 929. The Morgan fingerprint density at radius 3 is 2.45 bits per heavy atom. The van der Waals surface area contributed by atoms with Crippen molar-refractivity contribution in [2.24, 2.45) is 0 Å². The molecule has 3 rings (SSSR count). The Kier molecular flexibility index (Phi) is 7.76. The molecular formula is C21H27N3O4S. The second kappa shape index (κ2) is 10.5. The molecule has 0 unspecified atom stereocenters. The number of ether oxygens (including phenoxy) is 3. The molecule has 0 spiro atoms. The van der Waals surface area contributed by atoms with Gasteiger partial charge in [0, 0.05) is 57.2 Å². The summed E-state index contributed by atoms with van der Waals surface area (Å²) in [6.45, 7) is 3.26. The number of thiazole rings is 1. The van der Waals surface area contributed by atoms with Crippen molar-refractivity contribution in [1.82, 2.24) is 14.5 Å². The SMILES string of the molecule is COCCN(CCOC)C(=O)c1csc(-c2cc3ccccc3n2CCOC)n1. The van der Waals surface area contributed by atoms with Crippen LogP contribution in [-0.2, 0) is 20.8 Å². The number of rotatable bonds is 11. The molecule has 0 aliphatic carbocycles. The monoisotopic (exact) mass is 417 g/mol. The van der Waals surface area contributed by atoms with Crippen LogP contribution < -0.4 is 0 Å². The van der Waals surface area contributed by atoms with Crippen molar-refractivity contribution < 1.29 is 19.0 Å². The van der Waals surface area contributed by atoms with Gasteiger partial charge in [-0.3, -0.25) is 4.79 Å². The van der Waals surface area contributed by atoms with Gasteiger partial charge in [0.05, 0.1) is 25.5 Å². The van der Waals surface area contributed by atoms with Crippen molar-refractivity contribution >= 4 is 28.1 Å². The van der Waals surface area contributed by atoms with Gasteiger partial charge < -0.3 is 23.7 Å². The molecule has 3 aromatic rings. The summed E-state index contributed by atoms with van der Waals surface area (Å²) >= 11 is 1.48. The van der Waals surface area contributed by atoms with Crippen LogP contribution in [0.1, 0.15) is 10.5 Å². The predicted molar refractivity (Wildman–Crippen MR) is 115 cm³/mol. The molecule has 1 aromatic carbocycles. The van der Waals surface area contributed by atoms with Crippen LogP contribution in [0.15, 0.2) is 35.7 Å². The highest BCUT2D eigenvalue weighted by Crippen LogP contribution is 2.30. The maximum absolute atomic E-state index is 13.0. The smallest absolute Gasteiger partial charge is 0.273 e. The third-order valence-electron chi connectivity index (χ3n) is 4.69. The van der Waals surface area contributed by atoms with Crippen LogP contribution >= 0.6 is 11.3 Å². The van der Waals surface area contributed by atoms with E-state index in [1.54, 1.807) is 26.2 Å². The minimum Gasteiger partial charge on any atom is -0.383 e. The summed E-state index contributed by atoms with van der Waals surface area (Å²) in [5.41, 5.74) is 2.57. The number of benzene rings is 1. The van der Waals surface area contributed by atoms with E-state index in [9.17, 15) is 4.79 Å². The molecule has 1 amide bonds. The van der Waals surface area contributed by atoms with Crippen molar-refractivity contribution in [2.75, 3.05) is 54.2 Å². The van der Waals surface area contributed by atoms with E-state index in [2.05, 4.69) is 27.8 Å². The molecule has 7 nitrogen and oxygen atoms in total. The van der Waals surface area contributed by atoms with Gasteiger partial charge in [0.15, 0.2) is 0 Å². The van der Waals surface area contributed by atoms with Gasteiger partial charge in [-0.2, -0.15) is 0 Å². The lowest BCUT2D eigenvalue weighted by atomic mass is 10.2. The average Bonchev–Trinajstić information content (AvgIpc) is 3.37. The fourth-order valence-corrected chi connectivity index (χ4v) is 4.00. The van der Waals surface area contributed by atoms with Crippen molar-refractivity contribution in [1.29, 1.82) is 0 Å². The number of amides is 1. The highest BCUT2D eigenvalue weighted by Gasteiger charge is 2.20. The number of methoxy groups -OCH3 is 3. The first kappa shape index (κ1) is 21.4. The number of hydrogen-bond acceptors (Lipinski definition) is 6. The first-order chi connectivity index (χ1) is 14.2. The number of carbonyl (C=O) groups excluding carboxylic acids is 1. The van der Waals surface area contributed by atoms with E-state index >= 15 is 0 Å². The highest BCUT2D eigenvalue weighted by molar-refractivity contribution is 7.13. The van der Waals surface area contributed by atoms with Gasteiger partial charge in [0.25, 0.3) is 5.91 Å². The van der Waals surface area contributed by atoms with E-state index < -0.39 is 0 Å². The molecule has 0 aliphatic heterocycles. The van der Waals surface area contributed by atoms with Gasteiger partial charge in [-0.05, 0) is 12.1 Å². The first-order valence-corrected chi connectivity index (χ1v) is 10.4. The van der Waals surface area contributed by atoms with Crippen LogP contribution in [0.4, 0.5) is 0 Å². The van der Waals surface area contributed by atoms with Crippen LogP contribution in [0.25, 0.3) is 21.6 Å². The molecule has 156 valence electrons. The fraction of sp³-hybridized carbons (Fsp3) is 0.429. The van der Waals surface area contributed by atoms with E-state index in [0.29, 0.717) is 38.6 Å². The third kappa shape index (κ3) is 5.02. The molecule has 0 N–H and O–H groups in total. The summed E-state index contributed by atoms with van der Waals surface area (Å²) in [5, 5.41) is 3.78. The lowest BCUT2D eigenvalue weighted by Crippen LogP contribution is -2.36. The molecule has 29 heavy (non-hydrogen) atoms. The minimum atomic E-state index is -0.110. The molecule has 0 fully saturated rings. The summed E-state index contributed by atoms with van der Waals surface area (Å²) in [7, 11) is 4.94. The summed E-state index contributed by atoms with van der Waals surface area (Å²) in [6, 6.07) is 10.3. The fourth-order valence-electron chi connectivity index (χ4n) is 3.18. The van der Waals surface area contributed by atoms with E-state index in [0.717, 1.165) is 28.1 Å². The average molecular weight is 418 g/mol. The second-order valence-electron chi connectivity index (χ2n) is 6.55. The lowest BCUT2D eigenvalue weighted by Gasteiger charge is -2.20. The highest BCUT2D eigenvalue weighted by atomic mass is 32.1. The quantitative estimate of drug-likeness (QED) is 0.480. The van der Waals surface area contributed by atoms with Gasteiger partial charge in [0.1, 0.15) is 10.7 Å². The van der Waals surface area contributed by atoms with Crippen molar-refractivity contribution in [3.63, 3.8) is 0 Å². The zero-order valence-electron chi connectivity index (χ0n) is 17.1. The number of fused-ring (bicyclic) bond motifs is 1. The molecule has 0 saturated carbocycles. The zero-order valence-corrected chi connectivity index (χ0v) is 17.9. The number of aromatic nitrogens is 2. The number of para-hydroxylation sites is 1. The van der Waals surface area contributed by atoms with E-state index in [-0.39, 0.29) is 5.91 Å². The maximum atomic E-state index is 13.0. The molecule has 2 heterocycles. The van der Waals surface area contributed by atoms with Gasteiger partial charge in [-0.25, -0.2) is 4.98 Å².